The highest BCUT2D eigenvalue weighted by molar-refractivity contribution is 9.10. The summed E-state index contributed by atoms with van der Waals surface area (Å²) < 4.78 is 14.4. The van der Waals surface area contributed by atoms with Crippen LogP contribution in [0, 0.1) is 5.82 Å². The summed E-state index contributed by atoms with van der Waals surface area (Å²) in [5.41, 5.74) is 7.11. The molecule has 0 aliphatic carbocycles. The van der Waals surface area contributed by atoms with Crippen LogP contribution >= 0.6 is 15.9 Å². The Morgan fingerprint density at radius 2 is 1.94 bits per heavy atom. The number of rotatable bonds is 2. The third-order valence-corrected chi connectivity index (χ3v) is 2.59. The lowest BCUT2D eigenvalue weighted by Gasteiger charge is -2.08. The summed E-state index contributed by atoms with van der Waals surface area (Å²) >= 11 is 3.35. The standard InChI is InChI=1S/C12H10BrFN2/c13-8-2-1-3-10(6-8)16-12-5-4-9(15)7-11(12)14/h1-7,16H,15H2. The summed E-state index contributed by atoms with van der Waals surface area (Å²) in [4.78, 5) is 0. The number of hydrogen-bond donors (Lipinski definition) is 2. The molecule has 0 saturated heterocycles. The van der Waals surface area contributed by atoms with E-state index in [0.717, 1.165) is 10.2 Å². The van der Waals surface area contributed by atoms with E-state index in [1.54, 1.807) is 12.1 Å². The van der Waals surface area contributed by atoms with Crippen LogP contribution in [0.1, 0.15) is 0 Å². The van der Waals surface area contributed by atoms with Crippen molar-refractivity contribution in [1.29, 1.82) is 0 Å². The second-order valence-electron chi connectivity index (χ2n) is 3.37. The Morgan fingerprint density at radius 1 is 1.12 bits per heavy atom. The van der Waals surface area contributed by atoms with E-state index in [1.807, 2.05) is 24.3 Å². The van der Waals surface area contributed by atoms with Crippen LogP contribution in [0.25, 0.3) is 0 Å². The van der Waals surface area contributed by atoms with E-state index in [0.29, 0.717) is 11.4 Å². The molecule has 0 radical (unpaired) electrons. The number of hydrogen-bond acceptors (Lipinski definition) is 2. The van der Waals surface area contributed by atoms with Crippen LogP contribution in [0.4, 0.5) is 21.5 Å². The van der Waals surface area contributed by atoms with E-state index >= 15 is 0 Å². The Kier molecular flexibility index (Phi) is 3.10. The van der Waals surface area contributed by atoms with Crippen molar-refractivity contribution in [3.63, 3.8) is 0 Å². The third kappa shape index (κ3) is 2.52. The van der Waals surface area contributed by atoms with Gasteiger partial charge in [0.25, 0.3) is 0 Å². The van der Waals surface area contributed by atoms with Gasteiger partial charge in [-0.3, -0.25) is 0 Å². The first-order chi connectivity index (χ1) is 7.65. The fourth-order valence-corrected chi connectivity index (χ4v) is 1.75. The number of nitrogens with one attached hydrogen (secondary N) is 1. The average Bonchev–Trinajstić information content (AvgIpc) is 2.22. The van der Waals surface area contributed by atoms with Crippen LogP contribution in [0.15, 0.2) is 46.9 Å². The van der Waals surface area contributed by atoms with Gasteiger partial charge in [-0.1, -0.05) is 22.0 Å². The molecule has 82 valence electrons. The molecule has 3 N–H and O–H groups in total. The Morgan fingerprint density at radius 3 is 2.62 bits per heavy atom. The zero-order valence-corrected chi connectivity index (χ0v) is 9.96. The van der Waals surface area contributed by atoms with Gasteiger partial charge in [-0.25, -0.2) is 4.39 Å². The number of nitrogens with two attached hydrogens (primary N) is 1. The molecule has 0 saturated carbocycles. The highest BCUT2D eigenvalue weighted by Crippen LogP contribution is 2.23. The molecule has 0 amide bonds. The van der Waals surface area contributed by atoms with Gasteiger partial charge in [0.15, 0.2) is 0 Å². The fraction of sp³-hybridized carbons (Fsp3) is 0. The summed E-state index contributed by atoms with van der Waals surface area (Å²) in [6, 6.07) is 12.1. The summed E-state index contributed by atoms with van der Waals surface area (Å²) in [7, 11) is 0. The van der Waals surface area contributed by atoms with E-state index in [9.17, 15) is 4.39 Å². The van der Waals surface area contributed by atoms with Crippen molar-refractivity contribution in [3.8, 4) is 0 Å². The summed E-state index contributed by atoms with van der Waals surface area (Å²) in [6.07, 6.45) is 0. The van der Waals surface area contributed by atoms with Gasteiger partial charge >= 0.3 is 0 Å². The first kappa shape index (κ1) is 11.0. The van der Waals surface area contributed by atoms with Crippen LogP contribution in [0.2, 0.25) is 0 Å². The van der Waals surface area contributed by atoms with E-state index in [4.69, 9.17) is 5.73 Å². The zero-order valence-electron chi connectivity index (χ0n) is 8.37. The van der Waals surface area contributed by atoms with Crippen molar-refractivity contribution in [2.45, 2.75) is 0 Å². The number of anilines is 3. The molecule has 0 spiro atoms. The van der Waals surface area contributed by atoms with Gasteiger partial charge in [0.2, 0.25) is 0 Å². The molecule has 2 rings (SSSR count). The van der Waals surface area contributed by atoms with Gasteiger partial charge in [-0.05, 0) is 36.4 Å². The van der Waals surface area contributed by atoms with E-state index in [1.165, 1.54) is 6.07 Å². The smallest absolute Gasteiger partial charge is 0.148 e. The SMILES string of the molecule is Nc1ccc(Nc2cccc(Br)c2)c(F)c1. The molecule has 2 aromatic rings. The van der Waals surface area contributed by atoms with E-state index in [-0.39, 0.29) is 5.82 Å². The molecule has 2 aromatic carbocycles. The van der Waals surface area contributed by atoms with Gasteiger partial charge in [0, 0.05) is 15.8 Å². The van der Waals surface area contributed by atoms with Gasteiger partial charge in [-0.2, -0.15) is 0 Å². The topological polar surface area (TPSA) is 38.0 Å². The Hall–Kier alpha value is -1.55. The molecule has 0 fully saturated rings. The van der Waals surface area contributed by atoms with E-state index in [2.05, 4.69) is 21.2 Å². The molecule has 16 heavy (non-hydrogen) atoms. The largest absolute Gasteiger partial charge is 0.399 e. The van der Waals surface area contributed by atoms with Crippen molar-refractivity contribution >= 4 is 33.0 Å². The maximum Gasteiger partial charge on any atom is 0.148 e. The molecule has 0 aliphatic heterocycles. The van der Waals surface area contributed by atoms with Crippen molar-refractivity contribution in [2.24, 2.45) is 0 Å². The van der Waals surface area contributed by atoms with Crippen molar-refractivity contribution < 1.29 is 4.39 Å². The molecule has 0 aliphatic rings. The highest BCUT2D eigenvalue weighted by atomic mass is 79.9. The van der Waals surface area contributed by atoms with Gasteiger partial charge in [0.1, 0.15) is 5.82 Å². The van der Waals surface area contributed by atoms with Gasteiger partial charge in [-0.15, -0.1) is 0 Å². The van der Waals surface area contributed by atoms with Crippen LogP contribution < -0.4 is 11.1 Å². The Balaban J connectivity index is 2.27. The highest BCUT2D eigenvalue weighted by Gasteiger charge is 2.02. The van der Waals surface area contributed by atoms with E-state index < -0.39 is 0 Å². The lowest BCUT2D eigenvalue weighted by molar-refractivity contribution is 0.632. The van der Waals surface area contributed by atoms with Crippen molar-refractivity contribution in [2.75, 3.05) is 11.1 Å². The zero-order chi connectivity index (χ0) is 11.5. The maximum absolute atomic E-state index is 13.5. The maximum atomic E-state index is 13.5. The molecule has 0 bridgehead atoms. The lowest BCUT2D eigenvalue weighted by Crippen LogP contribution is -1.95. The molecule has 0 aromatic heterocycles. The van der Waals surface area contributed by atoms with Crippen LogP contribution in [0.5, 0.6) is 0 Å². The predicted molar refractivity (Wildman–Crippen MR) is 68.2 cm³/mol. The summed E-state index contributed by atoms with van der Waals surface area (Å²) in [5.74, 6) is -0.361. The first-order valence-electron chi connectivity index (χ1n) is 4.73. The Labute approximate surface area is 101 Å². The molecule has 2 nitrogen and oxygen atoms in total. The summed E-state index contributed by atoms with van der Waals surface area (Å²) in [5, 5.41) is 2.98. The minimum absolute atomic E-state index is 0.361. The molecular formula is C12H10BrFN2. The second-order valence-corrected chi connectivity index (χ2v) is 4.29. The van der Waals surface area contributed by atoms with Crippen molar-refractivity contribution in [1.82, 2.24) is 0 Å². The fourth-order valence-electron chi connectivity index (χ4n) is 1.35. The van der Waals surface area contributed by atoms with Crippen LogP contribution in [0.3, 0.4) is 0 Å². The van der Waals surface area contributed by atoms with Crippen molar-refractivity contribution in [3.05, 3.63) is 52.8 Å². The van der Waals surface area contributed by atoms with Gasteiger partial charge in [0.05, 0.1) is 5.69 Å². The predicted octanol–water partition coefficient (Wildman–Crippen LogP) is 3.91. The second kappa shape index (κ2) is 4.53. The minimum Gasteiger partial charge on any atom is -0.399 e. The number of halogens is 2. The quantitative estimate of drug-likeness (QED) is 0.819. The van der Waals surface area contributed by atoms with Crippen LogP contribution in [-0.4, -0.2) is 0 Å². The molecule has 0 atom stereocenters. The lowest BCUT2D eigenvalue weighted by atomic mass is 10.2. The molecule has 0 unspecified atom stereocenters. The average molecular weight is 281 g/mol. The molecular weight excluding hydrogens is 271 g/mol. The summed E-state index contributed by atoms with van der Waals surface area (Å²) in [6.45, 7) is 0. The van der Waals surface area contributed by atoms with Crippen LogP contribution in [-0.2, 0) is 0 Å². The normalized spacial score (nSPS) is 10.1. The third-order valence-electron chi connectivity index (χ3n) is 2.10. The Bertz CT molecular complexity index is 514. The number of nitrogen functional groups attached to an aromatic ring is 1. The molecule has 4 heteroatoms. The molecule has 0 heterocycles. The monoisotopic (exact) mass is 280 g/mol. The first-order valence-corrected chi connectivity index (χ1v) is 5.52. The minimum atomic E-state index is -0.361. The number of benzene rings is 2. The van der Waals surface area contributed by atoms with Gasteiger partial charge < -0.3 is 11.1 Å².